The highest BCUT2D eigenvalue weighted by molar-refractivity contribution is 5.87. The zero-order chi connectivity index (χ0) is 13.7. The lowest BCUT2D eigenvalue weighted by Crippen LogP contribution is -2.40. The summed E-state index contributed by atoms with van der Waals surface area (Å²) in [5.41, 5.74) is 0.226. The Labute approximate surface area is 113 Å². The lowest BCUT2D eigenvalue weighted by atomic mass is 10.0. The lowest BCUT2D eigenvalue weighted by Gasteiger charge is -2.32. The predicted octanol–water partition coefficient (Wildman–Crippen LogP) is 1.16. The summed E-state index contributed by atoms with van der Waals surface area (Å²) >= 11 is 0. The molecule has 0 aromatic carbocycles. The van der Waals surface area contributed by atoms with Gasteiger partial charge in [-0.2, -0.15) is 0 Å². The number of likely N-dealkylation sites (N-methyl/N-ethyl adjacent to an activating group) is 1. The number of rotatable bonds is 4. The second-order valence-corrected chi connectivity index (χ2v) is 4.79. The molecular formula is C13H20N4O2. The Kier molecular flexibility index (Phi) is 4.68. The number of carbonyl (C=O) groups excluding carboxylic acids is 1. The first-order chi connectivity index (χ1) is 9.20. The van der Waals surface area contributed by atoms with Crippen molar-refractivity contribution in [3.8, 4) is 0 Å². The molecule has 0 saturated carbocycles. The van der Waals surface area contributed by atoms with Gasteiger partial charge in [0.1, 0.15) is 5.82 Å². The Hall–Kier alpha value is -1.69. The molecule has 1 N–H and O–H groups in total. The average Bonchev–Trinajstić information content (AvgIpc) is 2.46. The van der Waals surface area contributed by atoms with Crippen molar-refractivity contribution in [2.45, 2.75) is 25.3 Å². The number of anilines is 1. The van der Waals surface area contributed by atoms with Crippen LogP contribution < -0.4 is 5.32 Å². The predicted molar refractivity (Wildman–Crippen MR) is 72.1 cm³/mol. The van der Waals surface area contributed by atoms with Gasteiger partial charge in [-0.25, -0.2) is 9.78 Å². The van der Waals surface area contributed by atoms with Crippen molar-refractivity contribution in [3.05, 3.63) is 18.1 Å². The van der Waals surface area contributed by atoms with E-state index in [4.69, 9.17) is 0 Å². The maximum atomic E-state index is 11.4. The minimum Gasteiger partial charge on any atom is -0.464 e. The SMILES string of the molecule is COC(=O)c1cncc(NCC2CCCCN2C)n1. The molecule has 19 heavy (non-hydrogen) atoms. The van der Waals surface area contributed by atoms with Crippen molar-refractivity contribution in [3.63, 3.8) is 0 Å². The highest BCUT2D eigenvalue weighted by Crippen LogP contribution is 2.15. The van der Waals surface area contributed by atoms with Crippen molar-refractivity contribution in [2.75, 3.05) is 32.6 Å². The van der Waals surface area contributed by atoms with Crippen LogP contribution in [0.15, 0.2) is 12.4 Å². The zero-order valence-electron chi connectivity index (χ0n) is 11.4. The highest BCUT2D eigenvalue weighted by atomic mass is 16.5. The second-order valence-electron chi connectivity index (χ2n) is 4.79. The molecule has 1 aromatic heterocycles. The van der Waals surface area contributed by atoms with Gasteiger partial charge in [-0.3, -0.25) is 4.98 Å². The van der Waals surface area contributed by atoms with Crippen LogP contribution in [0.2, 0.25) is 0 Å². The Bertz CT molecular complexity index is 438. The highest BCUT2D eigenvalue weighted by Gasteiger charge is 2.18. The van der Waals surface area contributed by atoms with E-state index in [1.807, 2.05) is 0 Å². The van der Waals surface area contributed by atoms with E-state index in [2.05, 4.69) is 32.0 Å². The molecule has 1 atom stereocenters. The largest absolute Gasteiger partial charge is 0.464 e. The summed E-state index contributed by atoms with van der Waals surface area (Å²) in [6.45, 7) is 1.95. The smallest absolute Gasteiger partial charge is 0.358 e. The monoisotopic (exact) mass is 264 g/mol. The molecule has 2 rings (SSSR count). The first-order valence-electron chi connectivity index (χ1n) is 6.55. The quantitative estimate of drug-likeness (QED) is 0.823. The minimum atomic E-state index is -0.467. The summed E-state index contributed by atoms with van der Waals surface area (Å²) in [5, 5.41) is 3.24. The maximum Gasteiger partial charge on any atom is 0.358 e. The molecule has 1 saturated heterocycles. The molecule has 0 radical (unpaired) electrons. The number of nitrogens with zero attached hydrogens (tertiary/aromatic N) is 3. The fraction of sp³-hybridized carbons (Fsp3) is 0.615. The van der Waals surface area contributed by atoms with Crippen LogP contribution in [0.3, 0.4) is 0 Å². The van der Waals surface area contributed by atoms with Crippen LogP contribution >= 0.6 is 0 Å². The van der Waals surface area contributed by atoms with E-state index in [1.165, 1.54) is 32.6 Å². The van der Waals surface area contributed by atoms with Crippen LogP contribution in [0.4, 0.5) is 5.82 Å². The van der Waals surface area contributed by atoms with Gasteiger partial charge in [0.25, 0.3) is 0 Å². The van der Waals surface area contributed by atoms with E-state index in [0.29, 0.717) is 11.9 Å². The van der Waals surface area contributed by atoms with E-state index >= 15 is 0 Å². The number of methoxy groups -OCH3 is 1. The molecule has 1 aliphatic rings. The molecule has 104 valence electrons. The fourth-order valence-electron chi connectivity index (χ4n) is 2.28. The van der Waals surface area contributed by atoms with Crippen LogP contribution in [0.25, 0.3) is 0 Å². The van der Waals surface area contributed by atoms with E-state index in [0.717, 1.165) is 13.1 Å². The Morgan fingerprint density at radius 1 is 1.53 bits per heavy atom. The molecule has 1 aliphatic heterocycles. The summed E-state index contributed by atoms with van der Waals surface area (Å²) in [6.07, 6.45) is 6.75. The molecule has 6 heteroatoms. The average molecular weight is 264 g/mol. The molecule has 2 heterocycles. The first kappa shape index (κ1) is 13.7. The maximum absolute atomic E-state index is 11.4. The van der Waals surface area contributed by atoms with Crippen molar-refractivity contribution in [2.24, 2.45) is 0 Å². The van der Waals surface area contributed by atoms with Crippen molar-refractivity contribution >= 4 is 11.8 Å². The van der Waals surface area contributed by atoms with Gasteiger partial charge in [-0.05, 0) is 26.4 Å². The van der Waals surface area contributed by atoms with E-state index in [9.17, 15) is 4.79 Å². The summed E-state index contributed by atoms with van der Waals surface area (Å²) in [7, 11) is 3.48. The number of likely N-dealkylation sites (tertiary alicyclic amines) is 1. The molecular weight excluding hydrogens is 244 g/mol. The summed E-state index contributed by atoms with van der Waals surface area (Å²) in [4.78, 5) is 21.9. The molecule has 6 nitrogen and oxygen atoms in total. The number of aromatic nitrogens is 2. The van der Waals surface area contributed by atoms with Gasteiger partial charge in [0, 0.05) is 12.6 Å². The third-order valence-electron chi connectivity index (χ3n) is 3.47. The fourth-order valence-corrected chi connectivity index (χ4v) is 2.28. The standard InChI is InChI=1S/C13H20N4O2/c1-17-6-4-3-5-10(17)7-15-12-9-14-8-11(16-12)13(18)19-2/h8-10H,3-7H2,1-2H3,(H,15,16). The van der Waals surface area contributed by atoms with Gasteiger partial charge < -0.3 is 15.0 Å². The molecule has 1 unspecified atom stereocenters. The Morgan fingerprint density at radius 2 is 2.37 bits per heavy atom. The number of nitrogens with one attached hydrogen (secondary N) is 1. The molecule has 1 aromatic rings. The van der Waals surface area contributed by atoms with E-state index < -0.39 is 5.97 Å². The van der Waals surface area contributed by atoms with Crippen molar-refractivity contribution < 1.29 is 9.53 Å². The number of esters is 1. The number of ether oxygens (including phenoxy) is 1. The summed E-state index contributed by atoms with van der Waals surface area (Å²) in [5.74, 6) is 0.146. The van der Waals surface area contributed by atoms with Gasteiger partial charge >= 0.3 is 5.97 Å². The van der Waals surface area contributed by atoms with Gasteiger partial charge in [-0.15, -0.1) is 0 Å². The minimum absolute atomic E-state index is 0.226. The first-order valence-corrected chi connectivity index (χ1v) is 6.55. The summed E-state index contributed by atoms with van der Waals surface area (Å²) in [6, 6.07) is 0.511. The van der Waals surface area contributed by atoms with Gasteiger partial charge in [0.05, 0.1) is 19.5 Å². The Balaban J connectivity index is 1.93. The van der Waals surface area contributed by atoms with E-state index in [-0.39, 0.29) is 5.69 Å². The number of hydrogen-bond acceptors (Lipinski definition) is 6. The number of piperidine rings is 1. The molecule has 0 aliphatic carbocycles. The lowest BCUT2D eigenvalue weighted by molar-refractivity contribution is 0.0593. The summed E-state index contributed by atoms with van der Waals surface area (Å²) < 4.78 is 4.63. The number of hydrogen-bond donors (Lipinski definition) is 1. The molecule has 0 bridgehead atoms. The normalized spacial score (nSPS) is 20.0. The van der Waals surface area contributed by atoms with Crippen LogP contribution in [0.1, 0.15) is 29.8 Å². The third-order valence-corrected chi connectivity index (χ3v) is 3.47. The topological polar surface area (TPSA) is 67.3 Å². The number of carbonyl (C=O) groups is 1. The molecule has 0 spiro atoms. The van der Waals surface area contributed by atoms with Gasteiger partial charge in [0.2, 0.25) is 0 Å². The van der Waals surface area contributed by atoms with Crippen LogP contribution in [-0.4, -0.2) is 54.1 Å². The Morgan fingerprint density at radius 3 is 3.11 bits per heavy atom. The van der Waals surface area contributed by atoms with Gasteiger partial charge in [-0.1, -0.05) is 6.42 Å². The zero-order valence-corrected chi connectivity index (χ0v) is 11.4. The van der Waals surface area contributed by atoms with Crippen molar-refractivity contribution in [1.82, 2.24) is 14.9 Å². The van der Waals surface area contributed by atoms with E-state index in [1.54, 1.807) is 6.20 Å². The third kappa shape index (κ3) is 3.64. The molecule has 0 amide bonds. The van der Waals surface area contributed by atoms with Crippen LogP contribution in [0, 0.1) is 0 Å². The van der Waals surface area contributed by atoms with Crippen LogP contribution in [-0.2, 0) is 4.74 Å². The van der Waals surface area contributed by atoms with Crippen molar-refractivity contribution in [1.29, 1.82) is 0 Å². The second kappa shape index (κ2) is 6.47. The van der Waals surface area contributed by atoms with Crippen LogP contribution in [0.5, 0.6) is 0 Å². The molecule has 1 fully saturated rings. The van der Waals surface area contributed by atoms with Gasteiger partial charge in [0.15, 0.2) is 5.69 Å².